The van der Waals surface area contributed by atoms with Gasteiger partial charge >= 0.3 is 5.97 Å². The second-order valence-electron chi connectivity index (χ2n) is 3.27. The molecule has 1 heterocycles. The topological polar surface area (TPSA) is 52.9 Å². The van der Waals surface area contributed by atoms with Gasteiger partial charge in [0.2, 0.25) is 0 Å². The van der Waals surface area contributed by atoms with Gasteiger partial charge in [-0.1, -0.05) is 0 Å². The molecule has 78 valence electrons. The molecule has 0 spiro atoms. The lowest BCUT2D eigenvalue weighted by Crippen LogP contribution is -2.36. The maximum absolute atomic E-state index is 10.7. The monoisotopic (exact) mass is 214 g/mol. The number of hydrogen-bond donors (Lipinski definition) is 1. The van der Waals surface area contributed by atoms with Crippen LogP contribution in [-0.2, 0) is 4.79 Å². The van der Waals surface area contributed by atoms with Gasteiger partial charge in [-0.15, -0.1) is 11.8 Å². The summed E-state index contributed by atoms with van der Waals surface area (Å²) in [5, 5.41) is 8.80. The van der Waals surface area contributed by atoms with Crippen molar-refractivity contribution in [3.05, 3.63) is 11.8 Å². The Balaban J connectivity index is 2.88. The van der Waals surface area contributed by atoms with Gasteiger partial charge in [0, 0.05) is 18.5 Å². The summed E-state index contributed by atoms with van der Waals surface area (Å²) >= 11 is 1.59. The van der Waals surface area contributed by atoms with E-state index in [1.165, 1.54) is 6.21 Å². The largest absolute Gasteiger partial charge is 0.478 e. The average molecular weight is 214 g/mol. The second-order valence-corrected chi connectivity index (χ2v) is 4.16. The molecule has 1 aliphatic rings. The highest BCUT2D eigenvalue weighted by Gasteiger charge is 2.21. The Morgan fingerprint density at radius 3 is 2.79 bits per heavy atom. The lowest BCUT2D eigenvalue weighted by Gasteiger charge is -2.32. The molecule has 0 aromatic heterocycles. The third-order valence-corrected chi connectivity index (χ3v) is 2.73. The van der Waals surface area contributed by atoms with Crippen molar-refractivity contribution >= 4 is 23.9 Å². The highest BCUT2D eigenvalue weighted by Crippen LogP contribution is 2.21. The maximum atomic E-state index is 10.7. The van der Waals surface area contributed by atoms with Crippen LogP contribution in [0.1, 0.15) is 13.8 Å². The van der Waals surface area contributed by atoms with E-state index in [2.05, 4.69) is 4.99 Å². The van der Waals surface area contributed by atoms with Gasteiger partial charge in [-0.3, -0.25) is 4.99 Å². The van der Waals surface area contributed by atoms with Crippen LogP contribution in [0.3, 0.4) is 0 Å². The number of hydrogen-bond acceptors (Lipinski definition) is 4. The quantitative estimate of drug-likeness (QED) is 0.771. The standard InChI is InChI=1S/C9H14N2O2S/c1-6(2)11-5-7(8(12)13)4-10-9(11)14-3/h4-6,9H,1-3H3,(H,12,13). The minimum absolute atomic E-state index is 0.00176. The first-order valence-electron chi connectivity index (χ1n) is 4.34. The first kappa shape index (κ1) is 11.1. The first-order chi connectivity index (χ1) is 6.56. The van der Waals surface area contributed by atoms with Gasteiger partial charge in [-0.05, 0) is 20.1 Å². The first-order valence-corrected chi connectivity index (χ1v) is 5.63. The Labute approximate surface area is 87.7 Å². The van der Waals surface area contributed by atoms with Gasteiger partial charge in [0.05, 0.1) is 5.57 Å². The predicted octanol–water partition coefficient (Wildman–Crippen LogP) is 1.40. The van der Waals surface area contributed by atoms with Crippen molar-refractivity contribution in [3.8, 4) is 0 Å². The van der Waals surface area contributed by atoms with Crippen LogP contribution < -0.4 is 0 Å². The number of carbonyl (C=O) groups is 1. The molecule has 5 heteroatoms. The van der Waals surface area contributed by atoms with Crippen LogP contribution in [0.5, 0.6) is 0 Å². The van der Waals surface area contributed by atoms with Crippen molar-refractivity contribution < 1.29 is 9.90 Å². The Morgan fingerprint density at radius 2 is 2.36 bits per heavy atom. The van der Waals surface area contributed by atoms with Crippen molar-refractivity contribution in [2.45, 2.75) is 25.4 Å². The van der Waals surface area contributed by atoms with Crippen molar-refractivity contribution in [2.24, 2.45) is 4.99 Å². The predicted molar refractivity (Wildman–Crippen MR) is 58.5 cm³/mol. The fourth-order valence-electron chi connectivity index (χ4n) is 1.18. The van der Waals surface area contributed by atoms with Gasteiger partial charge in [0.25, 0.3) is 0 Å². The molecule has 0 bridgehead atoms. The average Bonchev–Trinajstić information content (AvgIpc) is 2.16. The van der Waals surface area contributed by atoms with E-state index in [1.54, 1.807) is 18.0 Å². The Kier molecular flexibility index (Phi) is 3.57. The van der Waals surface area contributed by atoms with Crippen LogP contribution in [0.2, 0.25) is 0 Å². The number of rotatable bonds is 3. The highest BCUT2D eigenvalue weighted by atomic mass is 32.2. The number of carboxylic acid groups (broad SMARTS) is 1. The maximum Gasteiger partial charge on any atom is 0.338 e. The van der Waals surface area contributed by atoms with E-state index >= 15 is 0 Å². The summed E-state index contributed by atoms with van der Waals surface area (Å²) in [7, 11) is 0. The molecule has 0 aromatic carbocycles. The molecule has 0 radical (unpaired) electrons. The molecule has 0 aliphatic carbocycles. The molecular weight excluding hydrogens is 200 g/mol. The van der Waals surface area contributed by atoms with Crippen LogP contribution >= 0.6 is 11.8 Å². The molecule has 0 aromatic rings. The van der Waals surface area contributed by atoms with Crippen LogP contribution in [0, 0.1) is 0 Å². The number of carboxylic acids is 1. The number of nitrogens with zero attached hydrogens (tertiary/aromatic N) is 2. The molecular formula is C9H14N2O2S. The number of thioether (sulfide) groups is 1. The zero-order valence-electron chi connectivity index (χ0n) is 8.47. The van der Waals surface area contributed by atoms with Crippen LogP contribution in [0.4, 0.5) is 0 Å². The van der Waals surface area contributed by atoms with E-state index in [0.717, 1.165) is 0 Å². The SMILES string of the molecule is CSC1N=CC(C(=O)O)=CN1C(C)C. The van der Waals surface area contributed by atoms with E-state index in [9.17, 15) is 4.79 Å². The van der Waals surface area contributed by atoms with Gasteiger partial charge in [0.1, 0.15) is 0 Å². The molecule has 1 unspecified atom stereocenters. The number of aliphatic carboxylic acids is 1. The van der Waals surface area contributed by atoms with E-state index in [-0.39, 0.29) is 17.1 Å². The fourth-order valence-corrected chi connectivity index (χ4v) is 1.91. The molecule has 1 atom stereocenters. The molecule has 0 saturated carbocycles. The minimum atomic E-state index is -0.932. The third-order valence-electron chi connectivity index (χ3n) is 1.94. The zero-order chi connectivity index (χ0) is 10.7. The van der Waals surface area contributed by atoms with E-state index in [0.29, 0.717) is 0 Å². The minimum Gasteiger partial charge on any atom is -0.478 e. The highest BCUT2D eigenvalue weighted by molar-refractivity contribution is 7.99. The second kappa shape index (κ2) is 4.50. The van der Waals surface area contributed by atoms with Gasteiger partial charge in [-0.2, -0.15) is 0 Å². The molecule has 14 heavy (non-hydrogen) atoms. The van der Waals surface area contributed by atoms with Crippen LogP contribution in [0.15, 0.2) is 16.8 Å². The zero-order valence-corrected chi connectivity index (χ0v) is 9.28. The summed E-state index contributed by atoms with van der Waals surface area (Å²) < 4.78 is 0. The van der Waals surface area contributed by atoms with Gasteiger partial charge in [-0.25, -0.2) is 4.79 Å². The fraction of sp³-hybridized carbons (Fsp3) is 0.556. The van der Waals surface area contributed by atoms with E-state index in [4.69, 9.17) is 5.11 Å². The smallest absolute Gasteiger partial charge is 0.338 e. The molecule has 0 fully saturated rings. The van der Waals surface area contributed by atoms with Crippen LogP contribution in [0.25, 0.3) is 0 Å². The molecule has 0 amide bonds. The van der Waals surface area contributed by atoms with E-state index in [1.807, 2.05) is 25.0 Å². The molecule has 4 nitrogen and oxygen atoms in total. The Hall–Kier alpha value is -0.970. The summed E-state index contributed by atoms with van der Waals surface area (Å²) in [5.74, 6) is -0.932. The molecule has 1 N–H and O–H groups in total. The van der Waals surface area contributed by atoms with Gasteiger partial charge in [0.15, 0.2) is 5.50 Å². The summed E-state index contributed by atoms with van der Waals surface area (Å²) in [5.41, 5.74) is 0.238. The summed E-state index contributed by atoms with van der Waals surface area (Å²) in [4.78, 5) is 16.8. The number of aliphatic imine (C=N–C) groups is 1. The van der Waals surface area contributed by atoms with Crippen molar-refractivity contribution in [1.29, 1.82) is 0 Å². The normalized spacial score (nSPS) is 21.3. The molecule has 0 saturated heterocycles. The summed E-state index contributed by atoms with van der Waals surface area (Å²) in [6.45, 7) is 4.03. The van der Waals surface area contributed by atoms with Crippen molar-refractivity contribution in [2.75, 3.05) is 6.26 Å². The van der Waals surface area contributed by atoms with Gasteiger partial charge < -0.3 is 10.0 Å². The van der Waals surface area contributed by atoms with Crippen molar-refractivity contribution in [1.82, 2.24) is 4.90 Å². The Morgan fingerprint density at radius 1 is 1.71 bits per heavy atom. The summed E-state index contributed by atoms with van der Waals surface area (Å²) in [6.07, 6.45) is 5.03. The molecule has 1 aliphatic heterocycles. The van der Waals surface area contributed by atoms with Crippen molar-refractivity contribution in [3.63, 3.8) is 0 Å². The Bertz CT molecular complexity index is 287. The lowest BCUT2D eigenvalue weighted by atomic mass is 10.2. The summed E-state index contributed by atoms with van der Waals surface area (Å²) in [6, 6.07) is 0.249. The van der Waals surface area contributed by atoms with Crippen LogP contribution in [-0.4, -0.2) is 40.0 Å². The molecule has 1 rings (SSSR count). The van der Waals surface area contributed by atoms with E-state index < -0.39 is 5.97 Å². The third kappa shape index (κ3) is 2.29. The lowest BCUT2D eigenvalue weighted by molar-refractivity contribution is -0.132.